The summed E-state index contributed by atoms with van der Waals surface area (Å²) in [6.45, 7) is 3.44. The number of esters is 1. The molecule has 7 heteroatoms. The lowest BCUT2D eigenvalue weighted by Gasteiger charge is -2.09. The summed E-state index contributed by atoms with van der Waals surface area (Å²) in [5, 5.41) is 5.73. The predicted octanol–water partition coefficient (Wildman–Crippen LogP) is 1.53. The van der Waals surface area contributed by atoms with E-state index in [9.17, 15) is 14.4 Å². The highest BCUT2D eigenvalue weighted by molar-refractivity contribution is 6.30. The molecule has 2 amide bonds. The summed E-state index contributed by atoms with van der Waals surface area (Å²) in [7, 11) is 0. The second-order valence-electron chi connectivity index (χ2n) is 4.90. The van der Waals surface area contributed by atoms with Crippen LogP contribution in [0.3, 0.4) is 0 Å². The van der Waals surface area contributed by atoms with Gasteiger partial charge in [-0.05, 0) is 38.1 Å². The van der Waals surface area contributed by atoms with Crippen LogP contribution >= 0.6 is 11.6 Å². The summed E-state index contributed by atoms with van der Waals surface area (Å²) in [6, 6.07) is 6.39. The molecule has 0 saturated heterocycles. The summed E-state index contributed by atoms with van der Waals surface area (Å²) in [6.07, 6.45) is -0.00567. The maximum absolute atomic E-state index is 11.8. The van der Waals surface area contributed by atoms with Gasteiger partial charge in [0, 0.05) is 23.2 Å². The lowest BCUT2D eigenvalue weighted by atomic mass is 10.2. The maximum atomic E-state index is 11.8. The summed E-state index contributed by atoms with van der Waals surface area (Å²) >= 11 is 5.73. The minimum absolute atomic E-state index is 0.00567. The molecular weight excluding hydrogens is 308 g/mol. The molecule has 0 radical (unpaired) electrons. The SMILES string of the molecule is CC(C)NC(=O)COC(=O)CCNC(=O)c1ccc(Cl)cc1. The van der Waals surface area contributed by atoms with Crippen molar-refractivity contribution in [2.45, 2.75) is 26.3 Å². The van der Waals surface area contributed by atoms with Gasteiger partial charge in [-0.1, -0.05) is 11.6 Å². The zero-order chi connectivity index (χ0) is 16.5. The number of hydrogen-bond acceptors (Lipinski definition) is 4. The van der Waals surface area contributed by atoms with E-state index in [-0.39, 0.29) is 37.4 Å². The molecule has 0 aliphatic rings. The van der Waals surface area contributed by atoms with Crippen LogP contribution < -0.4 is 10.6 Å². The van der Waals surface area contributed by atoms with E-state index in [1.54, 1.807) is 24.3 Å². The molecule has 22 heavy (non-hydrogen) atoms. The van der Waals surface area contributed by atoms with Gasteiger partial charge in [-0.15, -0.1) is 0 Å². The normalized spacial score (nSPS) is 10.2. The molecule has 6 nitrogen and oxygen atoms in total. The molecule has 0 aliphatic carbocycles. The molecule has 1 aromatic rings. The third kappa shape index (κ3) is 7.08. The number of halogens is 1. The second kappa shape index (κ2) is 9.04. The van der Waals surface area contributed by atoms with Crippen LogP contribution in [0.25, 0.3) is 0 Å². The zero-order valence-corrected chi connectivity index (χ0v) is 13.3. The summed E-state index contributed by atoms with van der Waals surface area (Å²) < 4.78 is 4.79. The minimum Gasteiger partial charge on any atom is -0.456 e. The van der Waals surface area contributed by atoms with Crippen molar-refractivity contribution < 1.29 is 19.1 Å². The van der Waals surface area contributed by atoms with E-state index in [2.05, 4.69) is 10.6 Å². The van der Waals surface area contributed by atoms with Gasteiger partial charge in [-0.2, -0.15) is 0 Å². The molecule has 0 unspecified atom stereocenters. The predicted molar refractivity (Wildman–Crippen MR) is 82.6 cm³/mol. The fraction of sp³-hybridized carbons (Fsp3) is 0.400. The van der Waals surface area contributed by atoms with E-state index in [0.717, 1.165) is 0 Å². The van der Waals surface area contributed by atoms with E-state index in [1.165, 1.54) is 0 Å². The number of hydrogen-bond donors (Lipinski definition) is 2. The van der Waals surface area contributed by atoms with E-state index >= 15 is 0 Å². The molecule has 0 aliphatic heterocycles. The van der Waals surface area contributed by atoms with Crippen molar-refractivity contribution in [3.63, 3.8) is 0 Å². The largest absolute Gasteiger partial charge is 0.456 e. The number of nitrogens with one attached hydrogen (secondary N) is 2. The number of benzene rings is 1. The number of ether oxygens (including phenoxy) is 1. The van der Waals surface area contributed by atoms with Crippen LogP contribution in [-0.2, 0) is 14.3 Å². The Hall–Kier alpha value is -2.08. The Kier molecular flexibility index (Phi) is 7.39. The Morgan fingerprint density at radius 1 is 1.18 bits per heavy atom. The van der Waals surface area contributed by atoms with Gasteiger partial charge in [0.1, 0.15) is 0 Å². The first-order valence-electron chi connectivity index (χ1n) is 6.87. The number of carbonyl (C=O) groups excluding carboxylic acids is 3. The van der Waals surface area contributed by atoms with Crippen molar-refractivity contribution in [2.24, 2.45) is 0 Å². The van der Waals surface area contributed by atoms with Gasteiger partial charge in [0.25, 0.3) is 11.8 Å². The summed E-state index contributed by atoms with van der Waals surface area (Å²) in [5.74, 6) is -1.20. The molecule has 0 atom stereocenters. The van der Waals surface area contributed by atoms with Gasteiger partial charge in [0.2, 0.25) is 0 Å². The minimum atomic E-state index is -0.546. The van der Waals surface area contributed by atoms with E-state index in [1.807, 2.05) is 13.8 Å². The second-order valence-corrected chi connectivity index (χ2v) is 5.33. The number of carbonyl (C=O) groups is 3. The highest BCUT2D eigenvalue weighted by Crippen LogP contribution is 2.09. The molecule has 120 valence electrons. The topological polar surface area (TPSA) is 84.5 Å². The van der Waals surface area contributed by atoms with Crippen LogP contribution in [-0.4, -0.2) is 37.0 Å². The summed E-state index contributed by atoms with van der Waals surface area (Å²) in [5.41, 5.74) is 0.453. The van der Waals surface area contributed by atoms with Crippen molar-refractivity contribution >= 4 is 29.4 Å². The number of rotatable bonds is 7. The zero-order valence-electron chi connectivity index (χ0n) is 12.5. The third-order valence-corrected chi connectivity index (χ3v) is 2.79. The molecule has 0 spiro atoms. The molecule has 0 saturated carbocycles. The molecule has 0 fully saturated rings. The van der Waals surface area contributed by atoms with Crippen molar-refractivity contribution in [3.8, 4) is 0 Å². The molecule has 1 aromatic carbocycles. The average Bonchev–Trinajstić information content (AvgIpc) is 2.45. The first-order valence-corrected chi connectivity index (χ1v) is 7.25. The van der Waals surface area contributed by atoms with Crippen LogP contribution in [0.2, 0.25) is 5.02 Å². The summed E-state index contributed by atoms with van der Waals surface area (Å²) in [4.78, 5) is 34.5. The molecule has 0 heterocycles. The standard InChI is InChI=1S/C15H19ClN2O4/c1-10(2)18-13(19)9-22-14(20)7-8-17-15(21)11-3-5-12(16)6-4-11/h3-6,10H,7-9H2,1-2H3,(H,17,21)(H,18,19). The number of amides is 2. The fourth-order valence-corrected chi connectivity index (χ4v) is 1.69. The monoisotopic (exact) mass is 326 g/mol. The Morgan fingerprint density at radius 3 is 2.41 bits per heavy atom. The third-order valence-electron chi connectivity index (χ3n) is 2.54. The molecule has 1 rings (SSSR count). The van der Waals surface area contributed by atoms with Crippen LogP contribution in [0.5, 0.6) is 0 Å². The quantitative estimate of drug-likeness (QED) is 0.744. The van der Waals surface area contributed by atoms with Crippen LogP contribution in [0, 0.1) is 0 Å². The first kappa shape index (κ1) is 18.0. The lowest BCUT2D eigenvalue weighted by Crippen LogP contribution is -2.34. The van der Waals surface area contributed by atoms with E-state index < -0.39 is 5.97 Å². The Morgan fingerprint density at radius 2 is 1.82 bits per heavy atom. The lowest BCUT2D eigenvalue weighted by molar-refractivity contribution is -0.148. The van der Waals surface area contributed by atoms with Gasteiger partial charge in [-0.25, -0.2) is 0 Å². The smallest absolute Gasteiger partial charge is 0.308 e. The first-order chi connectivity index (χ1) is 10.4. The van der Waals surface area contributed by atoms with Crippen LogP contribution in [0.15, 0.2) is 24.3 Å². The van der Waals surface area contributed by atoms with E-state index in [4.69, 9.17) is 16.3 Å². The van der Waals surface area contributed by atoms with Crippen molar-refractivity contribution in [1.29, 1.82) is 0 Å². The van der Waals surface area contributed by atoms with Crippen molar-refractivity contribution in [2.75, 3.05) is 13.2 Å². The van der Waals surface area contributed by atoms with Crippen LogP contribution in [0.4, 0.5) is 0 Å². The highest BCUT2D eigenvalue weighted by atomic mass is 35.5. The maximum Gasteiger partial charge on any atom is 0.308 e. The molecule has 2 N–H and O–H groups in total. The van der Waals surface area contributed by atoms with Crippen LogP contribution in [0.1, 0.15) is 30.6 Å². The van der Waals surface area contributed by atoms with Gasteiger partial charge in [0.05, 0.1) is 6.42 Å². The Labute approximate surface area is 134 Å². The average molecular weight is 327 g/mol. The van der Waals surface area contributed by atoms with Crippen molar-refractivity contribution in [1.82, 2.24) is 10.6 Å². The van der Waals surface area contributed by atoms with E-state index in [0.29, 0.717) is 10.6 Å². The van der Waals surface area contributed by atoms with Gasteiger partial charge < -0.3 is 15.4 Å². The Bertz CT molecular complexity index is 529. The molecule has 0 bridgehead atoms. The Balaban J connectivity index is 2.23. The molecule has 0 aromatic heterocycles. The van der Waals surface area contributed by atoms with Gasteiger partial charge in [0.15, 0.2) is 6.61 Å². The fourth-order valence-electron chi connectivity index (χ4n) is 1.56. The van der Waals surface area contributed by atoms with Crippen molar-refractivity contribution in [3.05, 3.63) is 34.9 Å². The molecular formula is C15H19ClN2O4. The highest BCUT2D eigenvalue weighted by Gasteiger charge is 2.10. The van der Waals surface area contributed by atoms with Gasteiger partial charge in [-0.3, -0.25) is 14.4 Å². The van der Waals surface area contributed by atoms with Gasteiger partial charge >= 0.3 is 5.97 Å².